The van der Waals surface area contributed by atoms with Crippen LogP contribution in [0.3, 0.4) is 0 Å². The van der Waals surface area contributed by atoms with Crippen molar-refractivity contribution < 1.29 is 4.74 Å². The molecule has 18 heavy (non-hydrogen) atoms. The summed E-state index contributed by atoms with van der Waals surface area (Å²) in [5.74, 6) is 0.640. The summed E-state index contributed by atoms with van der Waals surface area (Å²) in [6, 6.07) is 8.18. The lowest BCUT2D eigenvalue weighted by Crippen LogP contribution is -2.19. The van der Waals surface area contributed by atoms with Gasteiger partial charge in [0.2, 0.25) is 5.88 Å². The molecule has 4 nitrogen and oxygen atoms in total. The third kappa shape index (κ3) is 3.05. The minimum Gasteiger partial charge on any atom is -0.481 e. The number of ether oxygens (including phenoxy) is 1. The Kier molecular flexibility index (Phi) is 4.25. The van der Waals surface area contributed by atoms with Gasteiger partial charge in [-0.05, 0) is 30.7 Å². The van der Waals surface area contributed by atoms with Gasteiger partial charge in [-0.25, -0.2) is 4.98 Å². The molecule has 2 rings (SSSR count). The fourth-order valence-electron chi connectivity index (χ4n) is 1.86. The summed E-state index contributed by atoms with van der Waals surface area (Å²) in [5, 5.41) is 3.30. The van der Waals surface area contributed by atoms with Gasteiger partial charge in [-0.1, -0.05) is 12.1 Å². The minimum absolute atomic E-state index is 0.244. The van der Waals surface area contributed by atoms with Gasteiger partial charge in [0.25, 0.3) is 0 Å². The Hall–Kier alpha value is -1.94. The van der Waals surface area contributed by atoms with Gasteiger partial charge in [0, 0.05) is 30.7 Å². The van der Waals surface area contributed by atoms with Crippen molar-refractivity contribution in [3.63, 3.8) is 0 Å². The van der Waals surface area contributed by atoms with Gasteiger partial charge in [0.15, 0.2) is 0 Å². The van der Waals surface area contributed by atoms with Gasteiger partial charge < -0.3 is 10.1 Å². The van der Waals surface area contributed by atoms with E-state index in [0.29, 0.717) is 5.88 Å². The highest BCUT2D eigenvalue weighted by atomic mass is 16.5. The van der Waals surface area contributed by atoms with Crippen molar-refractivity contribution >= 4 is 0 Å². The quantitative estimate of drug-likeness (QED) is 0.872. The lowest BCUT2D eigenvalue weighted by molar-refractivity contribution is 0.397. The van der Waals surface area contributed by atoms with E-state index >= 15 is 0 Å². The zero-order chi connectivity index (χ0) is 12.8. The highest BCUT2D eigenvalue weighted by molar-refractivity contribution is 5.22. The van der Waals surface area contributed by atoms with Crippen molar-refractivity contribution in [2.75, 3.05) is 14.2 Å². The molecule has 0 aliphatic rings. The number of hydrogen-bond donors (Lipinski definition) is 1. The van der Waals surface area contributed by atoms with Gasteiger partial charge in [-0.15, -0.1) is 0 Å². The molecule has 2 aromatic rings. The Morgan fingerprint density at radius 3 is 2.72 bits per heavy atom. The molecular weight excluding hydrogens is 226 g/mol. The van der Waals surface area contributed by atoms with Crippen LogP contribution in [0, 0.1) is 0 Å². The smallest absolute Gasteiger partial charge is 0.212 e. The molecule has 2 aromatic heterocycles. The minimum atomic E-state index is 0.244. The Morgan fingerprint density at radius 1 is 1.28 bits per heavy atom. The van der Waals surface area contributed by atoms with Crippen LogP contribution in [0.5, 0.6) is 5.88 Å². The summed E-state index contributed by atoms with van der Waals surface area (Å²) in [6.07, 6.45) is 6.39. The van der Waals surface area contributed by atoms with Gasteiger partial charge in [-0.2, -0.15) is 0 Å². The second-order valence-electron chi connectivity index (χ2n) is 4.04. The normalized spacial score (nSPS) is 12.1. The lowest BCUT2D eigenvalue weighted by Gasteiger charge is -2.16. The molecule has 0 aromatic carbocycles. The zero-order valence-electron chi connectivity index (χ0n) is 10.6. The van der Waals surface area contributed by atoms with Crippen molar-refractivity contribution in [1.82, 2.24) is 15.3 Å². The molecule has 0 saturated carbocycles. The summed E-state index contributed by atoms with van der Waals surface area (Å²) < 4.78 is 5.05. The largest absolute Gasteiger partial charge is 0.481 e. The second kappa shape index (κ2) is 6.12. The molecule has 1 atom stereocenters. The molecule has 2 heterocycles. The van der Waals surface area contributed by atoms with Crippen molar-refractivity contribution in [3.05, 3.63) is 54.0 Å². The molecule has 0 saturated heterocycles. The van der Waals surface area contributed by atoms with Gasteiger partial charge >= 0.3 is 0 Å². The Morgan fingerprint density at radius 2 is 2.17 bits per heavy atom. The Labute approximate surface area is 107 Å². The molecule has 1 unspecified atom stereocenters. The standard InChI is InChI=1S/C14H17N3O/c1-15-13(12-4-3-7-16-10-12)8-11-5-6-14(18-2)17-9-11/h3-7,9-10,13,15H,8H2,1-2H3. The molecule has 0 bridgehead atoms. The first-order valence-corrected chi connectivity index (χ1v) is 5.89. The molecule has 94 valence electrons. The Bertz CT molecular complexity index is 470. The predicted molar refractivity (Wildman–Crippen MR) is 70.5 cm³/mol. The maximum atomic E-state index is 5.05. The first-order chi connectivity index (χ1) is 8.83. The topological polar surface area (TPSA) is 47.0 Å². The van der Waals surface area contributed by atoms with E-state index in [0.717, 1.165) is 6.42 Å². The molecule has 0 amide bonds. The maximum Gasteiger partial charge on any atom is 0.212 e. The fraction of sp³-hybridized carbons (Fsp3) is 0.286. The van der Waals surface area contributed by atoms with E-state index in [1.54, 1.807) is 13.3 Å². The van der Waals surface area contributed by atoms with E-state index in [-0.39, 0.29) is 6.04 Å². The average molecular weight is 243 g/mol. The zero-order valence-corrected chi connectivity index (χ0v) is 10.6. The highest BCUT2D eigenvalue weighted by Crippen LogP contribution is 2.17. The van der Waals surface area contributed by atoms with Crippen molar-refractivity contribution in [3.8, 4) is 5.88 Å². The predicted octanol–water partition coefficient (Wildman–Crippen LogP) is 1.99. The third-order valence-corrected chi connectivity index (χ3v) is 2.88. The number of nitrogens with one attached hydrogen (secondary N) is 1. The Balaban J connectivity index is 2.10. The molecule has 4 heteroatoms. The van der Waals surface area contributed by atoms with Crippen LogP contribution in [-0.2, 0) is 6.42 Å². The average Bonchev–Trinajstić information content (AvgIpc) is 2.46. The molecular formula is C14H17N3O. The number of rotatable bonds is 5. The van der Waals surface area contributed by atoms with Crippen LogP contribution in [0.15, 0.2) is 42.9 Å². The summed E-state index contributed by atoms with van der Waals surface area (Å²) >= 11 is 0. The van der Waals surface area contributed by atoms with Gasteiger partial charge in [0.05, 0.1) is 7.11 Å². The number of aromatic nitrogens is 2. The van der Waals surface area contributed by atoms with Crippen LogP contribution >= 0.6 is 0 Å². The number of likely N-dealkylation sites (N-methyl/N-ethyl adjacent to an activating group) is 1. The molecule has 0 fully saturated rings. The lowest BCUT2D eigenvalue weighted by atomic mass is 10.0. The van der Waals surface area contributed by atoms with E-state index in [9.17, 15) is 0 Å². The van der Waals surface area contributed by atoms with Gasteiger partial charge in [-0.3, -0.25) is 4.98 Å². The van der Waals surface area contributed by atoms with Crippen molar-refractivity contribution in [1.29, 1.82) is 0 Å². The first-order valence-electron chi connectivity index (χ1n) is 5.89. The van der Waals surface area contributed by atoms with Crippen LogP contribution in [0.1, 0.15) is 17.2 Å². The second-order valence-corrected chi connectivity index (χ2v) is 4.04. The van der Waals surface area contributed by atoms with E-state index in [1.807, 2.05) is 37.6 Å². The number of pyridine rings is 2. The van der Waals surface area contributed by atoms with Gasteiger partial charge in [0.1, 0.15) is 0 Å². The number of nitrogens with zero attached hydrogens (tertiary/aromatic N) is 2. The van der Waals surface area contributed by atoms with E-state index in [4.69, 9.17) is 4.74 Å². The molecule has 0 spiro atoms. The summed E-state index contributed by atoms with van der Waals surface area (Å²) in [5.41, 5.74) is 2.34. The van der Waals surface area contributed by atoms with Crippen LogP contribution < -0.4 is 10.1 Å². The first kappa shape index (κ1) is 12.5. The third-order valence-electron chi connectivity index (χ3n) is 2.88. The molecule has 1 N–H and O–H groups in total. The summed E-state index contributed by atoms with van der Waals surface area (Å²) in [7, 11) is 3.57. The van der Waals surface area contributed by atoms with Crippen LogP contribution in [-0.4, -0.2) is 24.1 Å². The fourth-order valence-corrected chi connectivity index (χ4v) is 1.86. The number of methoxy groups -OCH3 is 1. The monoisotopic (exact) mass is 243 g/mol. The summed E-state index contributed by atoms with van der Waals surface area (Å²) in [6.45, 7) is 0. The van der Waals surface area contributed by atoms with Crippen LogP contribution in [0.25, 0.3) is 0 Å². The number of hydrogen-bond acceptors (Lipinski definition) is 4. The molecule has 0 aliphatic heterocycles. The van der Waals surface area contributed by atoms with Crippen LogP contribution in [0.4, 0.5) is 0 Å². The molecule has 0 radical (unpaired) electrons. The maximum absolute atomic E-state index is 5.05. The van der Waals surface area contributed by atoms with E-state index in [2.05, 4.69) is 21.4 Å². The summed E-state index contributed by atoms with van der Waals surface area (Å²) in [4.78, 5) is 8.36. The molecule has 0 aliphatic carbocycles. The van der Waals surface area contributed by atoms with Crippen LogP contribution in [0.2, 0.25) is 0 Å². The van der Waals surface area contributed by atoms with E-state index < -0.39 is 0 Å². The van der Waals surface area contributed by atoms with Crippen molar-refractivity contribution in [2.45, 2.75) is 12.5 Å². The van der Waals surface area contributed by atoms with E-state index in [1.165, 1.54) is 11.1 Å². The van der Waals surface area contributed by atoms with Crippen molar-refractivity contribution in [2.24, 2.45) is 0 Å². The SMILES string of the molecule is CNC(Cc1ccc(OC)nc1)c1cccnc1. The highest BCUT2D eigenvalue weighted by Gasteiger charge is 2.10.